The van der Waals surface area contributed by atoms with Crippen LogP contribution in [0.4, 0.5) is 11.5 Å². The van der Waals surface area contributed by atoms with Crippen LogP contribution in [0.25, 0.3) is 0 Å². The summed E-state index contributed by atoms with van der Waals surface area (Å²) in [7, 11) is 0. The van der Waals surface area contributed by atoms with Crippen molar-refractivity contribution in [2.24, 2.45) is 0 Å². The van der Waals surface area contributed by atoms with E-state index in [0.29, 0.717) is 46.2 Å². The third kappa shape index (κ3) is 6.79. The van der Waals surface area contributed by atoms with Gasteiger partial charge in [0.15, 0.2) is 0 Å². The van der Waals surface area contributed by atoms with Crippen molar-refractivity contribution >= 4 is 46.5 Å². The van der Waals surface area contributed by atoms with E-state index in [1.165, 1.54) is 31.9 Å². The molecule has 39 heavy (non-hydrogen) atoms. The first-order chi connectivity index (χ1) is 19.0. The fourth-order valence-electron chi connectivity index (χ4n) is 5.30. The van der Waals surface area contributed by atoms with E-state index in [9.17, 15) is 9.59 Å². The number of fused-ring (bicyclic) bond motifs is 1. The Morgan fingerprint density at radius 1 is 1.00 bits per heavy atom. The van der Waals surface area contributed by atoms with E-state index >= 15 is 0 Å². The summed E-state index contributed by atoms with van der Waals surface area (Å²) in [5.74, 6) is -0.201. The van der Waals surface area contributed by atoms with Crippen molar-refractivity contribution in [2.45, 2.75) is 50.7 Å². The Hall–Kier alpha value is -2.97. The zero-order chi connectivity index (χ0) is 27.2. The molecule has 9 heteroatoms. The van der Waals surface area contributed by atoms with Crippen LogP contribution in [-0.2, 0) is 4.74 Å². The molecule has 1 saturated carbocycles. The van der Waals surface area contributed by atoms with E-state index in [1.807, 2.05) is 12.1 Å². The third-order valence-electron chi connectivity index (χ3n) is 7.30. The zero-order valence-electron chi connectivity index (χ0n) is 21.7. The maximum atomic E-state index is 13.6. The average molecular weight is 568 g/mol. The number of nitrogens with zero attached hydrogens (tertiary/aromatic N) is 2. The standard InChI is InChI=1S/C30H32Cl2N4O3/c31-21-12-13-26-24(18-21)27(39-17-15-33-22-6-1-2-7-22)10-5-16-36(26)30(38)20-11-14-28(34-19-20)35-29(37)23-8-3-4-9-25(23)32/h3-4,8-9,11-14,18-19,22,27,33H,1-2,5-7,10,15-17H2,(H,34,35,37). The zero-order valence-corrected chi connectivity index (χ0v) is 23.2. The Labute approximate surface area is 238 Å². The van der Waals surface area contributed by atoms with Crippen molar-refractivity contribution in [1.82, 2.24) is 10.3 Å². The molecule has 1 atom stereocenters. The Morgan fingerprint density at radius 3 is 2.59 bits per heavy atom. The summed E-state index contributed by atoms with van der Waals surface area (Å²) >= 11 is 12.5. The molecule has 1 fully saturated rings. The number of pyridine rings is 1. The monoisotopic (exact) mass is 566 g/mol. The van der Waals surface area contributed by atoms with Gasteiger partial charge in [0.2, 0.25) is 0 Å². The number of ether oxygens (including phenoxy) is 1. The van der Waals surface area contributed by atoms with Crippen molar-refractivity contribution in [3.63, 3.8) is 0 Å². The first-order valence-electron chi connectivity index (χ1n) is 13.5. The molecule has 1 aromatic heterocycles. The van der Waals surface area contributed by atoms with Gasteiger partial charge in [-0.3, -0.25) is 9.59 Å². The highest BCUT2D eigenvalue weighted by Gasteiger charge is 2.28. The van der Waals surface area contributed by atoms with Gasteiger partial charge in [0, 0.05) is 41.6 Å². The number of carbonyl (C=O) groups excluding carboxylic acids is 2. The highest BCUT2D eigenvalue weighted by molar-refractivity contribution is 6.34. The molecule has 1 unspecified atom stereocenters. The van der Waals surface area contributed by atoms with Crippen molar-refractivity contribution in [2.75, 3.05) is 29.9 Å². The lowest BCUT2D eigenvalue weighted by atomic mass is 10.0. The molecule has 1 aliphatic heterocycles. The molecule has 204 valence electrons. The minimum Gasteiger partial charge on any atom is -0.372 e. The van der Waals surface area contributed by atoms with Gasteiger partial charge in [-0.15, -0.1) is 0 Å². The van der Waals surface area contributed by atoms with E-state index in [-0.39, 0.29) is 17.9 Å². The molecule has 2 amide bonds. The predicted octanol–water partition coefficient (Wildman–Crippen LogP) is 6.67. The Morgan fingerprint density at radius 2 is 1.82 bits per heavy atom. The molecule has 5 rings (SSSR count). The summed E-state index contributed by atoms with van der Waals surface area (Å²) in [4.78, 5) is 32.2. The van der Waals surface area contributed by atoms with E-state index in [1.54, 1.807) is 47.4 Å². The number of carbonyl (C=O) groups is 2. The van der Waals surface area contributed by atoms with Crippen LogP contribution in [0.3, 0.4) is 0 Å². The number of aromatic nitrogens is 1. The number of hydrogen-bond acceptors (Lipinski definition) is 5. The minimum absolute atomic E-state index is 0.137. The van der Waals surface area contributed by atoms with Gasteiger partial charge in [0.1, 0.15) is 5.82 Å². The largest absolute Gasteiger partial charge is 0.372 e. The predicted molar refractivity (Wildman–Crippen MR) is 155 cm³/mol. The molecular formula is C30H32Cl2N4O3. The van der Waals surface area contributed by atoms with Crippen molar-refractivity contribution in [3.8, 4) is 0 Å². The molecule has 2 heterocycles. The first kappa shape index (κ1) is 27.6. The fraction of sp³-hybridized carbons (Fsp3) is 0.367. The van der Waals surface area contributed by atoms with Crippen LogP contribution in [0.1, 0.15) is 70.9 Å². The van der Waals surface area contributed by atoms with E-state index in [0.717, 1.165) is 30.6 Å². The lowest BCUT2D eigenvalue weighted by Gasteiger charge is -2.25. The van der Waals surface area contributed by atoms with Gasteiger partial charge in [0.25, 0.3) is 11.8 Å². The summed E-state index contributed by atoms with van der Waals surface area (Å²) in [6.45, 7) is 1.97. The summed E-state index contributed by atoms with van der Waals surface area (Å²) in [6, 6.07) is 16.3. The smallest absolute Gasteiger partial charge is 0.259 e. The van der Waals surface area contributed by atoms with Gasteiger partial charge in [-0.05, 0) is 68.1 Å². The van der Waals surface area contributed by atoms with Crippen LogP contribution in [-0.4, -0.2) is 42.5 Å². The fourth-order valence-corrected chi connectivity index (χ4v) is 5.70. The molecular weight excluding hydrogens is 535 g/mol. The molecule has 7 nitrogen and oxygen atoms in total. The van der Waals surface area contributed by atoms with Crippen LogP contribution in [0.2, 0.25) is 10.0 Å². The second-order valence-corrected chi connectivity index (χ2v) is 10.8. The summed E-state index contributed by atoms with van der Waals surface area (Å²) in [5.41, 5.74) is 2.50. The maximum Gasteiger partial charge on any atom is 0.259 e. The number of amides is 2. The topological polar surface area (TPSA) is 83.6 Å². The van der Waals surface area contributed by atoms with Crippen LogP contribution < -0.4 is 15.5 Å². The summed E-state index contributed by atoms with van der Waals surface area (Å²) < 4.78 is 6.31. The molecule has 3 aromatic rings. The quantitative estimate of drug-likeness (QED) is 0.297. The van der Waals surface area contributed by atoms with Gasteiger partial charge in [-0.2, -0.15) is 0 Å². The lowest BCUT2D eigenvalue weighted by molar-refractivity contribution is 0.0482. The Balaban J connectivity index is 1.27. The van der Waals surface area contributed by atoms with Crippen LogP contribution >= 0.6 is 23.2 Å². The first-order valence-corrected chi connectivity index (χ1v) is 14.2. The van der Waals surface area contributed by atoms with Crippen LogP contribution in [0.15, 0.2) is 60.8 Å². The molecule has 0 bridgehead atoms. The molecule has 0 saturated heterocycles. The summed E-state index contributed by atoms with van der Waals surface area (Å²) in [5, 5.41) is 7.29. The number of halogens is 2. The van der Waals surface area contributed by atoms with E-state index in [4.69, 9.17) is 27.9 Å². The van der Waals surface area contributed by atoms with Gasteiger partial charge in [0.05, 0.1) is 28.9 Å². The van der Waals surface area contributed by atoms with Crippen LogP contribution in [0, 0.1) is 0 Å². The number of hydrogen-bond donors (Lipinski definition) is 2. The highest BCUT2D eigenvalue weighted by atomic mass is 35.5. The van der Waals surface area contributed by atoms with E-state index in [2.05, 4.69) is 15.6 Å². The van der Waals surface area contributed by atoms with Crippen molar-refractivity contribution in [1.29, 1.82) is 0 Å². The molecule has 0 spiro atoms. The van der Waals surface area contributed by atoms with Crippen molar-refractivity contribution in [3.05, 3.63) is 87.5 Å². The van der Waals surface area contributed by atoms with Gasteiger partial charge in [-0.25, -0.2) is 4.98 Å². The maximum absolute atomic E-state index is 13.6. The van der Waals surface area contributed by atoms with Gasteiger partial charge in [-0.1, -0.05) is 48.2 Å². The summed E-state index contributed by atoms with van der Waals surface area (Å²) in [6.07, 6.45) is 8.00. The molecule has 0 radical (unpaired) electrons. The van der Waals surface area contributed by atoms with Crippen LogP contribution in [0.5, 0.6) is 0 Å². The normalized spacial score (nSPS) is 17.5. The molecule has 2 N–H and O–H groups in total. The second-order valence-electron chi connectivity index (χ2n) is 9.96. The Bertz CT molecular complexity index is 1310. The number of anilines is 2. The van der Waals surface area contributed by atoms with Crippen molar-refractivity contribution < 1.29 is 14.3 Å². The highest BCUT2D eigenvalue weighted by Crippen LogP contribution is 2.37. The van der Waals surface area contributed by atoms with Gasteiger partial charge < -0.3 is 20.3 Å². The average Bonchev–Trinajstić information content (AvgIpc) is 3.40. The molecule has 2 aliphatic rings. The van der Waals surface area contributed by atoms with E-state index < -0.39 is 0 Å². The number of rotatable bonds is 8. The Kier molecular flexibility index (Phi) is 9.14. The number of benzene rings is 2. The lowest BCUT2D eigenvalue weighted by Crippen LogP contribution is -2.32. The molecule has 1 aliphatic carbocycles. The third-order valence-corrected chi connectivity index (χ3v) is 7.86. The minimum atomic E-state index is -0.366. The number of nitrogens with one attached hydrogen (secondary N) is 2. The second kappa shape index (κ2) is 12.9. The molecule has 2 aromatic carbocycles. The van der Waals surface area contributed by atoms with Gasteiger partial charge >= 0.3 is 0 Å². The SMILES string of the molecule is O=C(Nc1ccc(C(=O)N2CCCC(OCCNC3CCCC3)c3cc(Cl)ccc32)cn1)c1ccccc1Cl.